The molecule has 0 spiro atoms. The van der Waals surface area contributed by atoms with Crippen LogP contribution in [0.1, 0.15) is 16.1 Å². The fourth-order valence-electron chi connectivity index (χ4n) is 3.08. The number of hydrogen-bond donors (Lipinski definition) is 1. The molecule has 4 rings (SSSR count). The summed E-state index contributed by atoms with van der Waals surface area (Å²) < 4.78 is 1.80. The van der Waals surface area contributed by atoms with Crippen LogP contribution >= 0.6 is 22.9 Å². The van der Waals surface area contributed by atoms with Gasteiger partial charge >= 0.3 is 0 Å². The monoisotopic (exact) mass is 438 g/mol. The predicted octanol–water partition coefficient (Wildman–Crippen LogP) is 4.60. The molecule has 0 saturated carbocycles. The van der Waals surface area contributed by atoms with Crippen LogP contribution in [0.15, 0.2) is 60.1 Å². The number of anilines is 1. The molecular weight excluding hydrogens is 420 g/mol. The van der Waals surface area contributed by atoms with Gasteiger partial charge in [0.15, 0.2) is 4.96 Å². The third-order valence-electron chi connectivity index (χ3n) is 4.59. The predicted molar refractivity (Wildman–Crippen MR) is 120 cm³/mol. The lowest BCUT2D eigenvalue weighted by molar-refractivity contribution is -0.115. The number of carbonyl (C=O) groups is 2. The van der Waals surface area contributed by atoms with Crippen molar-refractivity contribution in [1.82, 2.24) is 14.3 Å². The van der Waals surface area contributed by atoms with E-state index in [0.717, 1.165) is 21.8 Å². The molecule has 2 heterocycles. The summed E-state index contributed by atoms with van der Waals surface area (Å²) in [5.41, 5.74) is 3.61. The third kappa shape index (κ3) is 4.08. The summed E-state index contributed by atoms with van der Waals surface area (Å²) in [6.45, 7) is 0. The number of carbonyl (C=O) groups excluding carboxylic acids is 2. The Hall–Kier alpha value is -3.16. The first-order valence-electron chi connectivity index (χ1n) is 9.24. The number of nitrogens with zero attached hydrogens (tertiary/aromatic N) is 3. The van der Waals surface area contributed by atoms with Crippen LogP contribution in [0.3, 0.4) is 0 Å². The fourth-order valence-corrected chi connectivity index (χ4v) is 4.13. The summed E-state index contributed by atoms with van der Waals surface area (Å²) in [5, 5.41) is 5.29. The second kappa shape index (κ2) is 8.30. The van der Waals surface area contributed by atoms with Crippen LogP contribution in [0.4, 0.5) is 5.69 Å². The quantitative estimate of drug-likeness (QED) is 0.495. The SMILES string of the molecule is CN(C)C(=O)c1csc2nc(-c3cccc(NC(=O)Cc4ccccc4Cl)c3)cn12. The molecule has 0 aliphatic carbocycles. The molecular formula is C22H19ClN4O2S. The van der Waals surface area contributed by atoms with Gasteiger partial charge in [-0.1, -0.05) is 41.9 Å². The zero-order valence-corrected chi connectivity index (χ0v) is 18.0. The number of nitrogens with one attached hydrogen (secondary N) is 1. The van der Waals surface area contributed by atoms with Gasteiger partial charge in [0.25, 0.3) is 5.91 Å². The molecule has 2 aromatic carbocycles. The van der Waals surface area contributed by atoms with Crippen molar-refractivity contribution in [2.45, 2.75) is 6.42 Å². The first kappa shape index (κ1) is 20.1. The van der Waals surface area contributed by atoms with Crippen molar-refractivity contribution >= 4 is 45.4 Å². The minimum Gasteiger partial charge on any atom is -0.343 e. The Labute approximate surface area is 182 Å². The molecule has 6 nitrogen and oxygen atoms in total. The van der Waals surface area contributed by atoms with Crippen molar-refractivity contribution in [3.8, 4) is 11.3 Å². The smallest absolute Gasteiger partial charge is 0.271 e. The van der Waals surface area contributed by atoms with Crippen LogP contribution in [-0.2, 0) is 11.2 Å². The molecule has 0 unspecified atom stereocenters. The Balaban J connectivity index is 1.55. The Bertz CT molecular complexity index is 1240. The second-order valence-corrected chi connectivity index (χ2v) is 8.24. The van der Waals surface area contributed by atoms with Gasteiger partial charge < -0.3 is 10.2 Å². The molecule has 1 N–H and O–H groups in total. The van der Waals surface area contributed by atoms with Gasteiger partial charge in [-0.25, -0.2) is 4.98 Å². The van der Waals surface area contributed by atoms with Crippen LogP contribution in [0.25, 0.3) is 16.2 Å². The van der Waals surface area contributed by atoms with E-state index in [4.69, 9.17) is 11.6 Å². The maximum Gasteiger partial charge on any atom is 0.271 e. The lowest BCUT2D eigenvalue weighted by Crippen LogP contribution is -2.22. The number of benzene rings is 2. The number of halogens is 1. The van der Waals surface area contributed by atoms with Crippen LogP contribution in [-0.4, -0.2) is 40.2 Å². The van der Waals surface area contributed by atoms with Crippen molar-refractivity contribution in [2.24, 2.45) is 0 Å². The van der Waals surface area contributed by atoms with Gasteiger partial charge in [0, 0.05) is 41.9 Å². The molecule has 8 heteroatoms. The maximum absolute atomic E-state index is 12.4. The van der Waals surface area contributed by atoms with E-state index >= 15 is 0 Å². The molecule has 2 aromatic heterocycles. The minimum atomic E-state index is -0.148. The molecule has 0 aliphatic rings. The van der Waals surface area contributed by atoms with Crippen molar-refractivity contribution in [1.29, 1.82) is 0 Å². The number of fused-ring (bicyclic) bond motifs is 1. The topological polar surface area (TPSA) is 66.7 Å². The number of aromatic nitrogens is 2. The molecule has 0 fully saturated rings. The second-order valence-electron chi connectivity index (χ2n) is 7.00. The maximum atomic E-state index is 12.4. The summed E-state index contributed by atoms with van der Waals surface area (Å²) in [6, 6.07) is 14.8. The molecule has 2 amide bonds. The first-order valence-corrected chi connectivity index (χ1v) is 10.5. The number of hydrogen-bond acceptors (Lipinski definition) is 4. The van der Waals surface area contributed by atoms with Gasteiger partial charge in [-0.3, -0.25) is 14.0 Å². The van der Waals surface area contributed by atoms with Gasteiger partial charge in [-0.2, -0.15) is 0 Å². The molecule has 0 aliphatic heterocycles. The van der Waals surface area contributed by atoms with Crippen LogP contribution in [0.5, 0.6) is 0 Å². The Morgan fingerprint density at radius 3 is 2.73 bits per heavy atom. The highest BCUT2D eigenvalue weighted by molar-refractivity contribution is 7.15. The van der Waals surface area contributed by atoms with E-state index in [-0.39, 0.29) is 18.2 Å². The zero-order chi connectivity index (χ0) is 21.3. The lowest BCUT2D eigenvalue weighted by Gasteiger charge is -2.08. The molecule has 4 aromatic rings. The molecule has 0 radical (unpaired) electrons. The summed E-state index contributed by atoms with van der Waals surface area (Å²) >= 11 is 7.56. The average Bonchev–Trinajstić information content (AvgIpc) is 3.30. The highest BCUT2D eigenvalue weighted by Crippen LogP contribution is 2.26. The van der Waals surface area contributed by atoms with Gasteiger partial charge in [-0.05, 0) is 23.8 Å². The van der Waals surface area contributed by atoms with Crippen LogP contribution in [0, 0.1) is 0 Å². The summed E-state index contributed by atoms with van der Waals surface area (Å²) in [7, 11) is 3.44. The van der Waals surface area contributed by atoms with E-state index < -0.39 is 0 Å². The molecule has 0 saturated heterocycles. The Morgan fingerprint density at radius 1 is 1.17 bits per heavy atom. The third-order valence-corrected chi connectivity index (χ3v) is 5.79. The number of imidazole rings is 1. The fraction of sp³-hybridized carbons (Fsp3) is 0.136. The van der Waals surface area contributed by atoms with Gasteiger partial charge in [-0.15, -0.1) is 11.3 Å². The molecule has 0 bridgehead atoms. The average molecular weight is 439 g/mol. The number of thiazole rings is 1. The van der Waals surface area contributed by atoms with E-state index in [9.17, 15) is 9.59 Å². The van der Waals surface area contributed by atoms with Gasteiger partial charge in [0.05, 0.1) is 12.1 Å². The highest BCUT2D eigenvalue weighted by Gasteiger charge is 2.17. The summed E-state index contributed by atoms with van der Waals surface area (Å²) in [6.07, 6.45) is 2.04. The molecule has 0 atom stereocenters. The van der Waals surface area contributed by atoms with Crippen molar-refractivity contribution < 1.29 is 9.59 Å². The Morgan fingerprint density at radius 2 is 1.97 bits per heavy atom. The van der Waals surface area contributed by atoms with Gasteiger partial charge in [0.2, 0.25) is 5.91 Å². The van der Waals surface area contributed by atoms with Crippen LogP contribution < -0.4 is 5.32 Å². The normalized spacial score (nSPS) is 10.9. The van der Waals surface area contributed by atoms with E-state index in [1.165, 1.54) is 16.2 Å². The molecule has 152 valence electrons. The summed E-state index contributed by atoms with van der Waals surface area (Å²) in [5.74, 6) is -0.226. The Kier molecular flexibility index (Phi) is 5.57. The zero-order valence-electron chi connectivity index (χ0n) is 16.4. The summed E-state index contributed by atoms with van der Waals surface area (Å²) in [4.78, 5) is 31.7. The largest absolute Gasteiger partial charge is 0.343 e. The van der Waals surface area contributed by atoms with E-state index in [2.05, 4.69) is 10.3 Å². The number of rotatable bonds is 5. The van der Waals surface area contributed by atoms with Crippen molar-refractivity contribution in [3.63, 3.8) is 0 Å². The lowest BCUT2D eigenvalue weighted by atomic mass is 10.1. The number of amides is 2. The standard InChI is InChI=1S/C22H19ClN4O2S/c1-26(2)21(29)19-13-30-22-25-18(12-27(19)22)15-7-5-8-16(10-15)24-20(28)11-14-6-3-4-9-17(14)23/h3-10,12-13H,11H2,1-2H3,(H,24,28). The van der Waals surface area contributed by atoms with E-state index in [1.807, 2.05) is 48.7 Å². The first-order chi connectivity index (χ1) is 14.4. The van der Waals surface area contributed by atoms with Gasteiger partial charge in [0.1, 0.15) is 5.69 Å². The minimum absolute atomic E-state index is 0.0780. The molecule has 30 heavy (non-hydrogen) atoms. The highest BCUT2D eigenvalue weighted by atomic mass is 35.5. The van der Waals surface area contributed by atoms with E-state index in [0.29, 0.717) is 16.4 Å². The van der Waals surface area contributed by atoms with Crippen molar-refractivity contribution in [2.75, 3.05) is 19.4 Å². The van der Waals surface area contributed by atoms with Crippen LogP contribution in [0.2, 0.25) is 5.02 Å². The van der Waals surface area contributed by atoms with E-state index in [1.54, 1.807) is 29.9 Å². The van der Waals surface area contributed by atoms with Crippen molar-refractivity contribution in [3.05, 3.63) is 76.4 Å².